The first-order valence-corrected chi connectivity index (χ1v) is 11.3. The van der Waals surface area contributed by atoms with Crippen molar-refractivity contribution >= 4 is 32.4 Å². The van der Waals surface area contributed by atoms with Crippen LogP contribution >= 0.6 is 11.3 Å². The van der Waals surface area contributed by atoms with Gasteiger partial charge in [-0.3, -0.25) is 4.79 Å². The number of aryl methyl sites for hydroxylation is 2. The lowest BCUT2D eigenvalue weighted by Gasteiger charge is -2.29. The van der Waals surface area contributed by atoms with E-state index in [0.29, 0.717) is 24.5 Å². The summed E-state index contributed by atoms with van der Waals surface area (Å²) >= 11 is 1.38. The van der Waals surface area contributed by atoms with Gasteiger partial charge in [-0.05, 0) is 38.3 Å². The first kappa shape index (κ1) is 19.0. The Bertz CT molecular complexity index is 922. The zero-order valence-electron chi connectivity index (χ0n) is 15.2. The highest BCUT2D eigenvalue weighted by molar-refractivity contribution is 7.88. The average molecular weight is 394 g/mol. The normalized spacial score (nSPS) is 18.7. The Morgan fingerprint density at radius 3 is 2.85 bits per heavy atom. The minimum atomic E-state index is -3.27. The summed E-state index contributed by atoms with van der Waals surface area (Å²) in [6.07, 6.45) is 2.56. The summed E-state index contributed by atoms with van der Waals surface area (Å²) in [5.41, 5.74) is 4.19. The maximum atomic E-state index is 12.5. The van der Waals surface area contributed by atoms with E-state index < -0.39 is 10.0 Å². The number of nitrogens with one attached hydrogen (secondary N) is 1. The predicted octanol–water partition coefficient (Wildman–Crippen LogP) is 3.04. The van der Waals surface area contributed by atoms with Gasteiger partial charge in [0.25, 0.3) is 0 Å². The van der Waals surface area contributed by atoms with Gasteiger partial charge in [0.05, 0.1) is 17.9 Å². The van der Waals surface area contributed by atoms with Crippen molar-refractivity contribution in [2.24, 2.45) is 5.92 Å². The molecule has 3 rings (SSSR count). The van der Waals surface area contributed by atoms with E-state index in [-0.39, 0.29) is 18.4 Å². The molecule has 0 aliphatic carbocycles. The van der Waals surface area contributed by atoms with E-state index in [0.717, 1.165) is 22.4 Å². The minimum Gasteiger partial charge on any atom is -0.302 e. The molecule has 0 radical (unpaired) electrons. The zero-order chi connectivity index (χ0) is 18.9. The maximum absolute atomic E-state index is 12.5. The minimum absolute atomic E-state index is 0.166. The lowest BCUT2D eigenvalue weighted by atomic mass is 9.99. The number of thiazole rings is 1. The van der Waals surface area contributed by atoms with Crippen LogP contribution in [-0.2, 0) is 14.8 Å². The first-order valence-electron chi connectivity index (χ1n) is 8.53. The monoisotopic (exact) mass is 393 g/mol. The van der Waals surface area contributed by atoms with Crippen LogP contribution in [0.3, 0.4) is 0 Å². The number of piperidine rings is 1. The maximum Gasteiger partial charge on any atom is 0.230 e. The zero-order valence-corrected chi connectivity index (χ0v) is 16.8. The van der Waals surface area contributed by atoms with Crippen LogP contribution in [0.25, 0.3) is 11.3 Å². The van der Waals surface area contributed by atoms with Gasteiger partial charge < -0.3 is 5.32 Å². The average Bonchev–Trinajstić information content (AvgIpc) is 3.04. The van der Waals surface area contributed by atoms with E-state index in [1.165, 1.54) is 21.9 Å². The summed E-state index contributed by atoms with van der Waals surface area (Å²) in [4.78, 5) is 17.1. The molecular formula is C18H23N3O3S2. The van der Waals surface area contributed by atoms with Gasteiger partial charge in [0.2, 0.25) is 15.9 Å². The van der Waals surface area contributed by atoms with E-state index in [1.807, 2.05) is 19.2 Å². The van der Waals surface area contributed by atoms with Crippen molar-refractivity contribution in [2.75, 3.05) is 24.7 Å². The molecule has 6 nitrogen and oxygen atoms in total. The van der Waals surface area contributed by atoms with Crippen LogP contribution in [0, 0.1) is 19.8 Å². The van der Waals surface area contributed by atoms with E-state index in [4.69, 9.17) is 0 Å². The van der Waals surface area contributed by atoms with Gasteiger partial charge in [0.15, 0.2) is 5.13 Å². The number of hydrogen-bond acceptors (Lipinski definition) is 5. The van der Waals surface area contributed by atoms with Crippen molar-refractivity contribution in [3.63, 3.8) is 0 Å². The standard InChI is InChI=1S/C18H23N3O3S2/c1-12-6-7-13(2)15(9-12)16-11-25-18(19-16)20-17(22)14-5-4-8-21(10-14)26(3,23)24/h6-7,9,11,14H,4-5,8,10H2,1-3H3,(H,19,20,22). The molecule has 140 valence electrons. The third kappa shape index (κ3) is 4.31. The van der Waals surface area contributed by atoms with Gasteiger partial charge in [-0.25, -0.2) is 17.7 Å². The number of benzene rings is 1. The lowest BCUT2D eigenvalue weighted by molar-refractivity contribution is -0.120. The second-order valence-electron chi connectivity index (χ2n) is 6.81. The molecule has 1 saturated heterocycles. The highest BCUT2D eigenvalue weighted by Gasteiger charge is 2.30. The smallest absolute Gasteiger partial charge is 0.230 e. The molecule has 0 spiro atoms. The molecule has 1 aliphatic rings. The van der Waals surface area contributed by atoms with E-state index in [9.17, 15) is 13.2 Å². The quantitative estimate of drug-likeness (QED) is 0.866. The van der Waals surface area contributed by atoms with Gasteiger partial charge in [0, 0.05) is 24.0 Å². The highest BCUT2D eigenvalue weighted by Crippen LogP contribution is 2.29. The van der Waals surface area contributed by atoms with Crippen molar-refractivity contribution < 1.29 is 13.2 Å². The number of carbonyl (C=O) groups is 1. The molecule has 1 N–H and O–H groups in total. The van der Waals surface area contributed by atoms with Gasteiger partial charge in [-0.15, -0.1) is 11.3 Å². The molecule has 1 fully saturated rings. The van der Waals surface area contributed by atoms with E-state index >= 15 is 0 Å². The largest absolute Gasteiger partial charge is 0.302 e. The van der Waals surface area contributed by atoms with Crippen LogP contribution in [0.4, 0.5) is 5.13 Å². The molecule has 1 aliphatic heterocycles. The molecule has 1 aromatic carbocycles. The van der Waals surface area contributed by atoms with Crippen molar-refractivity contribution in [2.45, 2.75) is 26.7 Å². The third-order valence-electron chi connectivity index (χ3n) is 4.63. The fourth-order valence-corrected chi connectivity index (χ4v) is 4.76. The Kier molecular flexibility index (Phi) is 5.45. The van der Waals surface area contributed by atoms with Crippen LogP contribution in [-0.4, -0.2) is 43.0 Å². The van der Waals surface area contributed by atoms with Crippen LogP contribution in [0.1, 0.15) is 24.0 Å². The molecule has 0 saturated carbocycles. The molecule has 1 atom stereocenters. The van der Waals surface area contributed by atoms with Crippen LogP contribution in [0.15, 0.2) is 23.6 Å². The van der Waals surface area contributed by atoms with Gasteiger partial charge in [-0.2, -0.15) is 0 Å². The lowest BCUT2D eigenvalue weighted by Crippen LogP contribution is -2.43. The molecule has 8 heteroatoms. The second-order valence-corrected chi connectivity index (χ2v) is 9.65. The number of amides is 1. The van der Waals surface area contributed by atoms with Crippen LogP contribution in [0.5, 0.6) is 0 Å². The Morgan fingerprint density at radius 2 is 2.12 bits per heavy atom. The van der Waals surface area contributed by atoms with Crippen molar-refractivity contribution in [3.8, 4) is 11.3 Å². The fraction of sp³-hybridized carbons (Fsp3) is 0.444. The van der Waals surface area contributed by atoms with E-state index in [2.05, 4.69) is 28.5 Å². The molecule has 26 heavy (non-hydrogen) atoms. The Balaban J connectivity index is 1.71. The van der Waals surface area contributed by atoms with Gasteiger partial charge in [-0.1, -0.05) is 17.7 Å². The summed E-state index contributed by atoms with van der Waals surface area (Å²) in [5, 5.41) is 5.33. The number of rotatable bonds is 4. The Labute approximate surface area is 158 Å². The summed E-state index contributed by atoms with van der Waals surface area (Å²) in [7, 11) is -3.27. The van der Waals surface area contributed by atoms with E-state index in [1.54, 1.807) is 0 Å². The van der Waals surface area contributed by atoms with Crippen molar-refractivity contribution in [3.05, 3.63) is 34.7 Å². The molecule has 1 unspecified atom stereocenters. The predicted molar refractivity (Wildman–Crippen MR) is 105 cm³/mol. The fourth-order valence-electron chi connectivity index (χ4n) is 3.13. The number of hydrogen-bond donors (Lipinski definition) is 1. The molecule has 2 heterocycles. The summed E-state index contributed by atoms with van der Waals surface area (Å²) in [6, 6.07) is 6.20. The number of aromatic nitrogens is 1. The molecule has 2 aromatic rings. The Hall–Kier alpha value is -1.77. The summed E-state index contributed by atoms with van der Waals surface area (Å²) in [5.74, 6) is -0.508. The van der Waals surface area contributed by atoms with Crippen LogP contribution in [0.2, 0.25) is 0 Å². The second kappa shape index (κ2) is 7.46. The molecule has 1 aromatic heterocycles. The Morgan fingerprint density at radius 1 is 1.35 bits per heavy atom. The SMILES string of the molecule is Cc1ccc(C)c(-c2csc(NC(=O)C3CCCN(S(C)(=O)=O)C3)n2)c1. The van der Waals surface area contributed by atoms with Crippen LogP contribution < -0.4 is 5.32 Å². The summed E-state index contributed by atoms with van der Waals surface area (Å²) < 4.78 is 24.8. The number of sulfonamides is 1. The number of nitrogens with zero attached hydrogens (tertiary/aromatic N) is 2. The summed E-state index contributed by atoms with van der Waals surface area (Å²) in [6.45, 7) is 4.79. The third-order valence-corrected chi connectivity index (χ3v) is 6.65. The van der Waals surface area contributed by atoms with Crippen molar-refractivity contribution in [1.82, 2.24) is 9.29 Å². The molecule has 0 bridgehead atoms. The first-order chi connectivity index (χ1) is 12.2. The van der Waals surface area contributed by atoms with Gasteiger partial charge >= 0.3 is 0 Å². The number of carbonyl (C=O) groups excluding carboxylic acids is 1. The molecular weight excluding hydrogens is 370 g/mol. The number of anilines is 1. The topological polar surface area (TPSA) is 79.4 Å². The van der Waals surface area contributed by atoms with Gasteiger partial charge in [0.1, 0.15) is 0 Å². The van der Waals surface area contributed by atoms with Crippen molar-refractivity contribution in [1.29, 1.82) is 0 Å². The molecule has 1 amide bonds. The highest BCUT2D eigenvalue weighted by atomic mass is 32.2.